The van der Waals surface area contributed by atoms with Gasteiger partial charge in [0.05, 0.1) is 11.1 Å². The molecule has 0 fully saturated rings. The second-order valence-electron chi connectivity index (χ2n) is 5.34. The number of hydrogen-bond acceptors (Lipinski definition) is 6. The number of nitrogens with zero attached hydrogens (tertiary/aromatic N) is 2. The predicted octanol–water partition coefficient (Wildman–Crippen LogP) is 2.40. The van der Waals surface area contributed by atoms with Crippen molar-refractivity contribution in [3.63, 3.8) is 0 Å². The molecule has 3 heterocycles. The summed E-state index contributed by atoms with van der Waals surface area (Å²) in [5, 5.41) is 11.1. The Kier molecular flexibility index (Phi) is 3.14. The van der Waals surface area contributed by atoms with Crippen molar-refractivity contribution < 1.29 is 9.84 Å². The average molecular weight is 327 g/mol. The van der Waals surface area contributed by atoms with Gasteiger partial charge in [0, 0.05) is 11.1 Å². The van der Waals surface area contributed by atoms with Crippen LogP contribution in [-0.2, 0) is 0 Å². The Bertz CT molecular complexity index is 1000. The Balaban J connectivity index is 2.07. The molecule has 0 saturated heterocycles. The summed E-state index contributed by atoms with van der Waals surface area (Å²) < 4.78 is 5.53. The van der Waals surface area contributed by atoms with Crippen LogP contribution in [0.2, 0.25) is 0 Å². The van der Waals surface area contributed by atoms with Gasteiger partial charge >= 0.3 is 0 Å². The molecular formula is C16H13N3O3S. The number of aliphatic hydroxyl groups excluding tert-OH is 1. The summed E-state index contributed by atoms with van der Waals surface area (Å²) >= 11 is 1.34. The summed E-state index contributed by atoms with van der Waals surface area (Å²) in [4.78, 5) is 23.8. The third-order valence-electron chi connectivity index (χ3n) is 3.79. The number of fused-ring (bicyclic) bond motifs is 4. The van der Waals surface area contributed by atoms with Crippen LogP contribution < -0.4 is 10.3 Å². The minimum absolute atomic E-state index is 0.281. The van der Waals surface area contributed by atoms with Crippen LogP contribution in [0.5, 0.6) is 5.75 Å². The van der Waals surface area contributed by atoms with Crippen molar-refractivity contribution in [2.24, 2.45) is 0 Å². The smallest absolute Gasteiger partial charge is 0.261 e. The highest BCUT2D eigenvalue weighted by atomic mass is 32.2. The number of benzene rings is 1. The van der Waals surface area contributed by atoms with Gasteiger partial charge in [-0.15, -0.1) is 0 Å². The molecule has 1 aromatic carbocycles. The minimum atomic E-state index is -1.16. The molecule has 7 heteroatoms. The van der Waals surface area contributed by atoms with Crippen LogP contribution in [-0.4, -0.2) is 26.3 Å². The van der Waals surface area contributed by atoms with Crippen LogP contribution in [0.1, 0.15) is 17.4 Å². The summed E-state index contributed by atoms with van der Waals surface area (Å²) in [5.74, 6) is 0.567. The van der Waals surface area contributed by atoms with Crippen molar-refractivity contribution in [3.8, 4) is 17.0 Å². The van der Waals surface area contributed by atoms with Crippen LogP contribution in [0.3, 0.4) is 0 Å². The van der Waals surface area contributed by atoms with E-state index in [1.807, 2.05) is 25.3 Å². The lowest BCUT2D eigenvalue weighted by Crippen LogP contribution is -2.17. The number of aliphatic hydroxyl groups is 1. The van der Waals surface area contributed by atoms with Crippen molar-refractivity contribution in [2.45, 2.75) is 18.4 Å². The molecule has 4 rings (SSSR count). The molecule has 0 radical (unpaired) electrons. The Morgan fingerprint density at radius 1 is 1.30 bits per heavy atom. The van der Waals surface area contributed by atoms with E-state index in [2.05, 4.69) is 15.0 Å². The van der Waals surface area contributed by atoms with E-state index in [4.69, 9.17) is 4.74 Å². The number of H-pyrrole nitrogens is 1. The van der Waals surface area contributed by atoms with Crippen LogP contribution in [0.25, 0.3) is 22.3 Å². The van der Waals surface area contributed by atoms with E-state index < -0.39 is 6.29 Å². The number of pyridine rings is 1. The third kappa shape index (κ3) is 2.20. The fraction of sp³-hybridized carbons (Fsp3) is 0.188. The van der Waals surface area contributed by atoms with Crippen molar-refractivity contribution in [1.82, 2.24) is 15.0 Å². The van der Waals surface area contributed by atoms with E-state index in [-0.39, 0.29) is 5.56 Å². The maximum atomic E-state index is 12.2. The summed E-state index contributed by atoms with van der Waals surface area (Å²) in [7, 11) is 0. The lowest BCUT2D eigenvalue weighted by atomic mass is 9.99. The highest BCUT2D eigenvalue weighted by molar-refractivity contribution is 7.98. The first-order valence-corrected chi connectivity index (χ1v) is 8.24. The predicted molar refractivity (Wildman–Crippen MR) is 87.7 cm³/mol. The molecule has 1 atom stereocenters. The summed E-state index contributed by atoms with van der Waals surface area (Å²) in [5.41, 5.74) is 3.00. The standard InChI is InChI=1S/C16H13N3O3S/c1-7-3-4-11-8(5-7)12-9(15(21)22-11)6-10-13(17-12)18-16(23-2)19-14(10)20/h3-6,15,21H,1-2H3,(H,17,18,19,20)/t15-/m1/s1. The van der Waals surface area contributed by atoms with Gasteiger partial charge < -0.3 is 14.8 Å². The van der Waals surface area contributed by atoms with Crippen molar-refractivity contribution in [1.29, 1.82) is 0 Å². The van der Waals surface area contributed by atoms with E-state index in [1.165, 1.54) is 11.8 Å². The molecule has 3 aromatic rings. The lowest BCUT2D eigenvalue weighted by molar-refractivity contribution is -0.0215. The highest BCUT2D eigenvalue weighted by Crippen LogP contribution is 2.41. The number of aromatic nitrogens is 3. The largest absolute Gasteiger partial charge is 0.460 e. The zero-order chi connectivity index (χ0) is 16.1. The van der Waals surface area contributed by atoms with Crippen LogP contribution >= 0.6 is 11.8 Å². The number of hydrogen-bond donors (Lipinski definition) is 2. The van der Waals surface area contributed by atoms with Gasteiger partial charge in [-0.1, -0.05) is 23.4 Å². The van der Waals surface area contributed by atoms with E-state index in [0.29, 0.717) is 33.2 Å². The lowest BCUT2D eigenvalue weighted by Gasteiger charge is -2.24. The molecule has 0 unspecified atom stereocenters. The Morgan fingerprint density at radius 3 is 2.91 bits per heavy atom. The number of thioether (sulfide) groups is 1. The maximum Gasteiger partial charge on any atom is 0.261 e. The van der Waals surface area contributed by atoms with Gasteiger partial charge in [0.2, 0.25) is 6.29 Å². The maximum absolute atomic E-state index is 12.2. The van der Waals surface area contributed by atoms with Crippen LogP contribution in [0.15, 0.2) is 34.2 Å². The zero-order valence-electron chi connectivity index (χ0n) is 12.5. The second kappa shape index (κ2) is 5.07. The number of rotatable bonds is 1. The Labute approximate surface area is 135 Å². The van der Waals surface area contributed by atoms with E-state index in [0.717, 1.165) is 11.1 Å². The summed E-state index contributed by atoms with van der Waals surface area (Å²) in [6.45, 7) is 1.97. The molecule has 116 valence electrons. The molecule has 0 bridgehead atoms. The quantitative estimate of drug-likeness (QED) is 0.527. The van der Waals surface area contributed by atoms with Gasteiger partial charge in [0.15, 0.2) is 10.8 Å². The molecular weight excluding hydrogens is 314 g/mol. The zero-order valence-corrected chi connectivity index (χ0v) is 13.3. The number of aromatic amines is 1. The molecule has 2 N–H and O–H groups in total. The van der Waals surface area contributed by atoms with Gasteiger partial charge in [0.25, 0.3) is 5.56 Å². The monoisotopic (exact) mass is 327 g/mol. The van der Waals surface area contributed by atoms with Crippen molar-refractivity contribution in [3.05, 3.63) is 45.7 Å². The first-order valence-electron chi connectivity index (χ1n) is 7.01. The van der Waals surface area contributed by atoms with E-state index in [1.54, 1.807) is 12.1 Å². The molecule has 1 aliphatic heterocycles. The summed E-state index contributed by atoms with van der Waals surface area (Å²) in [6, 6.07) is 7.26. The third-order valence-corrected chi connectivity index (χ3v) is 4.37. The Morgan fingerprint density at radius 2 is 2.13 bits per heavy atom. The van der Waals surface area contributed by atoms with Gasteiger partial charge in [-0.25, -0.2) is 9.97 Å². The van der Waals surface area contributed by atoms with E-state index >= 15 is 0 Å². The topological polar surface area (TPSA) is 88.1 Å². The van der Waals surface area contributed by atoms with Crippen LogP contribution in [0.4, 0.5) is 0 Å². The molecule has 0 amide bonds. The van der Waals surface area contributed by atoms with Gasteiger partial charge in [-0.2, -0.15) is 0 Å². The highest BCUT2D eigenvalue weighted by Gasteiger charge is 2.27. The van der Waals surface area contributed by atoms with Crippen LogP contribution in [0, 0.1) is 6.92 Å². The van der Waals surface area contributed by atoms with E-state index in [9.17, 15) is 9.90 Å². The number of nitrogens with one attached hydrogen (secondary N) is 1. The molecule has 6 nitrogen and oxygen atoms in total. The number of aryl methyl sites for hydroxylation is 1. The SMILES string of the molecule is CSc1nc2nc3c(cc2c(=O)[nH]1)[C@H](O)Oc1ccc(C)cc1-3. The fourth-order valence-electron chi connectivity index (χ4n) is 2.68. The summed E-state index contributed by atoms with van der Waals surface area (Å²) in [6.07, 6.45) is 0.676. The van der Waals surface area contributed by atoms with Crippen molar-refractivity contribution >= 4 is 22.8 Å². The molecule has 0 saturated carbocycles. The fourth-order valence-corrected chi connectivity index (χ4v) is 3.05. The molecule has 2 aromatic heterocycles. The van der Waals surface area contributed by atoms with Gasteiger partial charge in [-0.3, -0.25) is 4.79 Å². The van der Waals surface area contributed by atoms with Crippen molar-refractivity contribution in [2.75, 3.05) is 6.26 Å². The Hall–Kier alpha value is -2.38. The first kappa shape index (κ1) is 14.2. The van der Waals surface area contributed by atoms with Gasteiger partial charge in [-0.05, 0) is 31.4 Å². The second-order valence-corrected chi connectivity index (χ2v) is 6.14. The molecule has 23 heavy (non-hydrogen) atoms. The average Bonchev–Trinajstić information content (AvgIpc) is 2.54. The molecule has 0 aliphatic carbocycles. The number of ether oxygens (including phenoxy) is 1. The van der Waals surface area contributed by atoms with Gasteiger partial charge in [0.1, 0.15) is 5.75 Å². The first-order chi connectivity index (χ1) is 11.1. The molecule has 0 spiro atoms. The minimum Gasteiger partial charge on any atom is -0.460 e. The normalized spacial score (nSPS) is 15.9. The molecule has 1 aliphatic rings.